The van der Waals surface area contributed by atoms with Crippen LogP contribution in [0.25, 0.3) is 0 Å². The average Bonchev–Trinajstić information content (AvgIpc) is 2.86. The first kappa shape index (κ1) is 15.8. The van der Waals surface area contributed by atoms with Crippen molar-refractivity contribution in [2.45, 2.75) is 51.6 Å². The van der Waals surface area contributed by atoms with Crippen LogP contribution in [-0.4, -0.2) is 24.8 Å². The molecule has 4 heteroatoms. The van der Waals surface area contributed by atoms with Gasteiger partial charge in [0, 0.05) is 19.0 Å². The molecule has 0 spiro atoms. The Morgan fingerprint density at radius 1 is 1.38 bits per heavy atom. The van der Waals surface area contributed by atoms with Gasteiger partial charge in [0.15, 0.2) is 0 Å². The van der Waals surface area contributed by atoms with E-state index < -0.39 is 5.60 Å². The van der Waals surface area contributed by atoms with Crippen LogP contribution in [0.1, 0.15) is 49.8 Å². The lowest BCUT2D eigenvalue weighted by atomic mass is 9.92. The number of ether oxygens (including phenoxy) is 1. The van der Waals surface area contributed by atoms with Crippen molar-refractivity contribution < 1.29 is 9.53 Å². The van der Waals surface area contributed by atoms with Crippen molar-refractivity contribution in [3.05, 3.63) is 34.9 Å². The number of carbonyl (C=O) groups excluding carboxylic acids is 1. The maximum atomic E-state index is 11.8. The summed E-state index contributed by atoms with van der Waals surface area (Å²) < 4.78 is 5.27. The Morgan fingerprint density at radius 3 is 2.81 bits per heavy atom. The molecule has 1 aliphatic rings. The van der Waals surface area contributed by atoms with Crippen molar-refractivity contribution in [2.75, 3.05) is 13.1 Å². The van der Waals surface area contributed by atoms with E-state index >= 15 is 0 Å². The average molecular weight is 290 g/mol. The lowest BCUT2D eigenvalue weighted by Gasteiger charge is -2.22. The summed E-state index contributed by atoms with van der Waals surface area (Å²) in [5.74, 6) is 0.144. The van der Waals surface area contributed by atoms with E-state index in [1.54, 1.807) is 0 Å². The lowest BCUT2D eigenvalue weighted by molar-refractivity contribution is 0.0525. The van der Waals surface area contributed by atoms with E-state index in [0.717, 1.165) is 12.8 Å². The second-order valence-electron chi connectivity index (χ2n) is 6.65. The number of nitrogens with two attached hydrogens (primary N) is 1. The van der Waals surface area contributed by atoms with Crippen LogP contribution in [0.15, 0.2) is 18.2 Å². The van der Waals surface area contributed by atoms with E-state index in [2.05, 4.69) is 23.5 Å². The molecule has 21 heavy (non-hydrogen) atoms. The van der Waals surface area contributed by atoms with Crippen molar-refractivity contribution in [3.8, 4) is 0 Å². The standard InChI is InChI=1S/C17H26N2O2/c1-17(2,3)21-16(20)19-11-13(10-18)15-9-5-7-12-6-4-8-14(12)15/h5,7,9,13H,4,6,8,10-11,18H2,1-3H3,(H,19,20). The minimum absolute atomic E-state index is 0.144. The van der Waals surface area contributed by atoms with Gasteiger partial charge in [0.1, 0.15) is 5.60 Å². The van der Waals surface area contributed by atoms with Crippen LogP contribution < -0.4 is 11.1 Å². The Kier molecular flexibility index (Phi) is 4.88. The predicted molar refractivity (Wildman–Crippen MR) is 84.5 cm³/mol. The van der Waals surface area contributed by atoms with Crippen LogP contribution in [0.2, 0.25) is 0 Å². The van der Waals surface area contributed by atoms with E-state index in [1.807, 2.05) is 20.8 Å². The van der Waals surface area contributed by atoms with Gasteiger partial charge >= 0.3 is 6.09 Å². The SMILES string of the molecule is CC(C)(C)OC(=O)NCC(CN)c1cccc2c1CCC2. The van der Waals surface area contributed by atoms with Gasteiger partial charge in [0.25, 0.3) is 0 Å². The van der Waals surface area contributed by atoms with Gasteiger partial charge in [-0.05, 0) is 56.7 Å². The van der Waals surface area contributed by atoms with Crippen LogP contribution >= 0.6 is 0 Å². The first-order valence-electron chi connectivity index (χ1n) is 7.68. The number of carbonyl (C=O) groups is 1. The summed E-state index contributed by atoms with van der Waals surface area (Å²) in [7, 11) is 0. The van der Waals surface area contributed by atoms with Crippen molar-refractivity contribution in [1.82, 2.24) is 5.32 Å². The highest BCUT2D eigenvalue weighted by Gasteiger charge is 2.21. The fourth-order valence-corrected chi connectivity index (χ4v) is 2.87. The number of rotatable bonds is 4. The van der Waals surface area contributed by atoms with Gasteiger partial charge < -0.3 is 15.8 Å². The summed E-state index contributed by atoms with van der Waals surface area (Å²) in [4.78, 5) is 11.8. The first-order valence-corrected chi connectivity index (χ1v) is 7.68. The van der Waals surface area contributed by atoms with Crippen LogP contribution in [0, 0.1) is 0 Å². The maximum Gasteiger partial charge on any atom is 0.407 e. The van der Waals surface area contributed by atoms with E-state index in [4.69, 9.17) is 10.5 Å². The minimum atomic E-state index is -0.476. The smallest absolute Gasteiger partial charge is 0.407 e. The molecule has 2 rings (SSSR count). The predicted octanol–water partition coefficient (Wildman–Crippen LogP) is 2.74. The molecule has 1 aliphatic carbocycles. The van der Waals surface area contributed by atoms with E-state index in [-0.39, 0.29) is 12.0 Å². The number of benzene rings is 1. The second kappa shape index (κ2) is 6.48. The maximum absolute atomic E-state index is 11.8. The molecular weight excluding hydrogens is 264 g/mol. The molecule has 1 aromatic rings. The van der Waals surface area contributed by atoms with Crippen molar-refractivity contribution in [2.24, 2.45) is 5.73 Å². The Labute approximate surface area is 127 Å². The Bertz CT molecular complexity index is 506. The number of hydrogen-bond donors (Lipinski definition) is 2. The highest BCUT2D eigenvalue weighted by atomic mass is 16.6. The van der Waals surface area contributed by atoms with Crippen LogP contribution in [-0.2, 0) is 17.6 Å². The van der Waals surface area contributed by atoms with Gasteiger partial charge in [0.2, 0.25) is 0 Å². The molecule has 0 saturated carbocycles. The van der Waals surface area contributed by atoms with Crippen LogP contribution in [0.5, 0.6) is 0 Å². The van der Waals surface area contributed by atoms with Gasteiger partial charge in [-0.25, -0.2) is 4.79 Å². The number of nitrogens with one attached hydrogen (secondary N) is 1. The normalized spacial score (nSPS) is 15.4. The van der Waals surface area contributed by atoms with Gasteiger partial charge in [-0.3, -0.25) is 0 Å². The number of fused-ring (bicyclic) bond motifs is 1. The monoisotopic (exact) mass is 290 g/mol. The highest BCUT2D eigenvalue weighted by Crippen LogP contribution is 2.29. The van der Waals surface area contributed by atoms with Gasteiger partial charge in [-0.2, -0.15) is 0 Å². The van der Waals surface area contributed by atoms with Crippen molar-refractivity contribution in [3.63, 3.8) is 0 Å². The molecule has 1 unspecified atom stereocenters. The van der Waals surface area contributed by atoms with Crippen LogP contribution in [0.3, 0.4) is 0 Å². The zero-order chi connectivity index (χ0) is 15.5. The fraction of sp³-hybridized carbons (Fsp3) is 0.588. The third-order valence-corrected chi connectivity index (χ3v) is 3.80. The highest BCUT2D eigenvalue weighted by molar-refractivity contribution is 5.67. The minimum Gasteiger partial charge on any atom is -0.444 e. The summed E-state index contributed by atoms with van der Waals surface area (Å²) in [5.41, 5.74) is 9.59. The summed E-state index contributed by atoms with van der Waals surface area (Å²) in [6.45, 7) is 6.61. The number of hydrogen-bond acceptors (Lipinski definition) is 3. The molecule has 0 aliphatic heterocycles. The topological polar surface area (TPSA) is 64.3 Å². The molecule has 0 bridgehead atoms. The second-order valence-corrected chi connectivity index (χ2v) is 6.65. The quantitative estimate of drug-likeness (QED) is 0.896. The Hall–Kier alpha value is -1.55. The molecule has 1 amide bonds. The molecule has 0 aromatic heterocycles. The number of amides is 1. The third kappa shape index (κ3) is 4.21. The number of aryl methyl sites for hydroxylation is 1. The lowest BCUT2D eigenvalue weighted by Crippen LogP contribution is -2.36. The summed E-state index contributed by atoms with van der Waals surface area (Å²) >= 11 is 0. The molecular formula is C17H26N2O2. The van der Waals surface area contributed by atoms with Gasteiger partial charge in [-0.15, -0.1) is 0 Å². The van der Waals surface area contributed by atoms with E-state index in [1.165, 1.54) is 23.1 Å². The summed E-state index contributed by atoms with van der Waals surface area (Å²) in [6.07, 6.45) is 3.10. The molecule has 0 saturated heterocycles. The van der Waals surface area contributed by atoms with E-state index in [9.17, 15) is 4.79 Å². The van der Waals surface area contributed by atoms with Crippen molar-refractivity contribution in [1.29, 1.82) is 0 Å². The molecule has 116 valence electrons. The summed E-state index contributed by atoms with van der Waals surface area (Å²) in [5, 5.41) is 2.84. The molecule has 1 atom stereocenters. The third-order valence-electron chi connectivity index (χ3n) is 3.80. The fourth-order valence-electron chi connectivity index (χ4n) is 2.87. The molecule has 0 heterocycles. The molecule has 4 nitrogen and oxygen atoms in total. The largest absolute Gasteiger partial charge is 0.444 e. The zero-order valence-corrected chi connectivity index (χ0v) is 13.2. The first-order chi connectivity index (χ1) is 9.90. The van der Waals surface area contributed by atoms with Gasteiger partial charge in [0.05, 0.1) is 0 Å². The summed E-state index contributed by atoms with van der Waals surface area (Å²) in [6, 6.07) is 6.43. The van der Waals surface area contributed by atoms with E-state index in [0.29, 0.717) is 13.1 Å². The Balaban J connectivity index is 2.01. The zero-order valence-electron chi connectivity index (χ0n) is 13.2. The molecule has 0 radical (unpaired) electrons. The van der Waals surface area contributed by atoms with Gasteiger partial charge in [-0.1, -0.05) is 18.2 Å². The van der Waals surface area contributed by atoms with Crippen molar-refractivity contribution >= 4 is 6.09 Å². The molecule has 0 fully saturated rings. The Morgan fingerprint density at radius 2 is 2.14 bits per heavy atom. The molecule has 1 aromatic carbocycles. The van der Waals surface area contributed by atoms with Crippen LogP contribution in [0.4, 0.5) is 4.79 Å². The number of alkyl carbamates (subject to hydrolysis) is 1. The molecule has 3 N–H and O–H groups in total.